The Balaban J connectivity index is 2.02. The molecule has 1 aromatic carbocycles. The molecular weight excluding hydrogens is 284 g/mol. The van der Waals surface area contributed by atoms with Crippen LogP contribution < -0.4 is 10.2 Å². The van der Waals surface area contributed by atoms with E-state index in [1.54, 1.807) is 0 Å². The lowest BCUT2D eigenvalue weighted by molar-refractivity contribution is 0.263. The Hall–Kier alpha value is -0.770. The van der Waals surface area contributed by atoms with E-state index >= 15 is 0 Å². The molecule has 1 aliphatic rings. The molecule has 118 valence electrons. The molecule has 1 aromatic rings. The summed E-state index contributed by atoms with van der Waals surface area (Å²) in [7, 11) is 0. The number of aliphatic hydroxyl groups is 1. The van der Waals surface area contributed by atoms with Crippen LogP contribution in [-0.2, 0) is 0 Å². The maximum Gasteiger partial charge on any atom is 0.0474 e. The molecule has 0 aliphatic carbocycles. The topological polar surface area (TPSA) is 35.5 Å². The summed E-state index contributed by atoms with van der Waals surface area (Å²) in [6.07, 6.45) is 3.19. The number of rotatable bonds is 7. The van der Waals surface area contributed by atoms with Crippen molar-refractivity contribution in [1.82, 2.24) is 5.32 Å². The van der Waals surface area contributed by atoms with Crippen LogP contribution in [0.1, 0.15) is 44.7 Å². The fourth-order valence-electron chi connectivity index (χ4n) is 3.02. The van der Waals surface area contributed by atoms with Gasteiger partial charge in [-0.1, -0.05) is 24.6 Å². The van der Waals surface area contributed by atoms with E-state index in [2.05, 4.69) is 42.3 Å². The van der Waals surface area contributed by atoms with E-state index in [9.17, 15) is 0 Å². The highest BCUT2D eigenvalue weighted by Gasteiger charge is 2.22. The molecule has 0 saturated carbocycles. The first-order chi connectivity index (χ1) is 10.2. The molecule has 1 saturated heterocycles. The molecule has 0 amide bonds. The van der Waals surface area contributed by atoms with Crippen LogP contribution in [-0.4, -0.2) is 31.3 Å². The highest BCUT2D eigenvalue weighted by atomic mass is 35.5. The molecule has 21 heavy (non-hydrogen) atoms. The van der Waals surface area contributed by atoms with Crippen LogP contribution in [0.15, 0.2) is 18.2 Å². The van der Waals surface area contributed by atoms with E-state index in [0.29, 0.717) is 12.5 Å². The molecule has 2 unspecified atom stereocenters. The average Bonchev–Trinajstić information content (AvgIpc) is 2.93. The number of nitrogens with zero attached hydrogens (tertiary/aromatic N) is 1. The van der Waals surface area contributed by atoms with Gasteiger partial charge in [-0.2, -0.15) is 0 Å². The lowest BCUT2D eigenvalue weighted by Gasteiger charge is -2.21. The minimum atomic E-state index is 0.284. The molecule has 2 rings (SSSR count). The first kappa shape index (κ1) is 16.6. The number of hydrogen-bond donors (Lipinski definition) is 2. The quantitative estimate of drug-likeness (QED) is 0.807. The number of nitrogens with one attached hydrogen (secondary N) is 1. The second-order valence-corrected chi connectivity index (χ2v) is 6.40. The molecule has 0 radical (unpaired) electrons. The predicted molar refractivity (Wildman–Crippen MR) is 90.2 cm³/mol. The molecule has 4 heteroatoms. The highest BCUT2D eigenvalue weighted by Crippen LogP contribution is 2.31. The predicted octanol–water partition coefficient (Wildman–Crippen LogP) is 3.61. The normalized spacial score (nSPS) is 20.0. The number of benzene rings is 1. The summed E-state index contributed by atoms with van der Waals surface area (Å²) < 4.78 is 0. The van der Waals surface area contributed by atoms with Crippen LogP contribution in [0.4, 0.5) is 5.69 Å². The van der Waals surface area contributed by atoms with Crippen LogP contribution in [0.5, 0.6) is 0 Å². The summed E-state index contributed by atoms with van der Waals surface area (Å²) in [4.78, 5) is 2.38. The minimum absolute atomic E-state index is 0.284. The van der Waals surface area contributed by atoms with Crippen molar-refractivity contribution in [3.63, 3.8) is 0 Å². The molecule has 0 aromatic heterocycles. The lowest BCUT2D eigenvalue weighted by atomic mass is 10.1. The summed E-state index contributed by atoms with van der Waals surface area (Å²) in [5.41, 5.74) is 2.37. The van der Waals surface area contributed by atoms with Crippen molar-refractivity contribution in [3.8, 4) is 0 Å². The Morgan fingerprint density at radius 3 is 2.95 bits per heavy atom. The summed E-state index contributed by atoms with van der Waals surface area (Å²) in [6, 6.07) is 6.69. The van der Waals surface area contributed by atoms with Crippen molar-refractivity contribution in [2.24, 2.45) is 5.92 Å². The Morgan fingerprint density at radius 1 is 1.48 bits per heavy atom. The van der Waals surface area contributed by atoms with Crippen molar-refractivity contribution in [2.75, 3.05) is 31.1 Å². The largest absolute Gasteiger partial charge is 0.396 e. The maximum atomic E-state index is 9.05. The average molecular weight is 311 g/mol. The second kappa shape index (κ2) is 8.02. The maximum absolute atomic E-state index is 9.05. The van der Waals surface area contributed by atoms with Gasteiger partial charge in [-0.05, 0) is 56.3 Å². The van der Waals surface area contributed by atoms with E-state index in [1.165, 1.54) is 11.3 Å². The van der Waals surface area contributed by atoms with Gasteiger partial charge >= 0.3 is 0 Å². The van der Waals surface area contributed by atoms with E-state index in [4.69, 9.17) is 16.7 Å². The molecule has 2 atom stereocenters. The molecule has 3 nitrogen and oxygen atoms in total. The third-order valence-corrected chi connectivity index (χ3v) is 4.67. The standard InChI is InChI=1S/C17H27ClN2O/c1-3-8-19-13(2)16-5-4-15(11-17(16)18)20-9-6-14(12-20)7-10-21/h4-5,11,13-14,19,21H,3,6-10,12H2,1-2H3. The van der Waals surface area contributed by atoms with Crippen molar-refractivity contribution < 1.29 is 5.11 Å². The summed E-state index contributed by atoms with van der Waals surface area (Å²) in [5.74, 6) is 0.610. The fraction of sp³-hybridized carbons (Fsp3) is 0.647. The zero-order chi connectivity index (χ0) is 15.2. The van der Waals surface area contributed by atoms with Crippen LogP contribution in [0.25, 0.3) is 0 Å². The molecular formula is C17H27ClN2O. The number of halogens is 1. The van der Waals surface area contributed by atoms with E-state index in [0.717, 1.165) is 43.9 Å². The smallest absolute Gasteiger partial charge is 0.0474 e. The fourth-order valence-corrected chi connectivity index (χ4v) is 3.36. The van der Waals surface area contributed by atoms with Crippen LogP contribution >= 0.6 is 11.6 Å². The number of anilines is 1. The summed E-state index contributed by atoms with van der Waals surface area (Å²) in [6.45, 7) is 7.71. The number of aliphatic hydroxyl groups excluding tert-OH is 1. The van der Waals surface area contributed by atoms with E-state index in [1.807, 2.05) is 0 Å². The molecule has 2 N–H and O–H groups in total. The van der Waals surface area contributed by atoms with E-state index in [-0.39, 0.29) is 6.04 Å². The van der Waals surface area contributed by atoms with Crippen LogP contribution in [0.3, 0.4) is 0 Å². The summed E-state index contributed by atoms with van der Waals surface area (Å²) >= 11 is 6.47. The van der Waals surface area contributed by atoms with Crippen LogP contribution in [0, 0.1) is 5.92 Å². The third kappa shape index (κ3) is 4.35. The monoisotopic (exact) mass is 310 g/mol. The Bertz CT molecular complexity index is 452. The second-order valence-electron chi connectivity index (χ2n) is 5.99. The van der Waals surface area contributed by atoms with Gasteiger partial charge in [0.15, 0.2) is 0 Å². The first-order valence-electron chi connectivity index (χ1n) is 8.04. The number of hydrogen-bond acceptors (Lipinski definition) is 3. The molecule has 1 heterocycles. The minimum Gasteiger partial charge on any atom is -0.396 e. The van der Waals surface area contributed by atoms with Gasteiger partial charge in [0.05, 0.1) is 0 Å². The first-order valence-corrected chi connectivity index (χ1v) is 8.42. The SMILES string of the molecule is CCCNC(C)c1ccc(N2CCC(CCO)C2)cc1Cl. The molecule has 1 fully saturated rings. The van der Waals surface area contributed by atoms with Crippen LogP contribution in [0.2, 0.25) is 5.02 Å². The van der Waals surface area contributed by atoms with Gasteiger partial charge in [-0.15, -0.1) is 0 Å². The van der Waals surface area contributed by atoms with Crippen molar-refractivity contribution in [3.05, 3.63) is 28.8 Å². The Labute approximate surface area is 133 Å². The van der Waals surface area contributed by atoms with E-state index < -0.39 is 0 Å². The van der Waals surface area contributed by atoms with Crippen molar-refractivity contribution in [1.29, 1.82) is 0 Å². The van der Waals surface area contributed by atoms with Gasteiger partial charge in [0.2, 0.25) is 0 Å². The van der Waals surface area contributed by atoms with Gasteiger partial charge in [0, 0.05) is 36.4 Å². The summed E-state index contributed by atoms with van der Waals surface area (Å²) in [5, 5.41) is 13.4. The molecule has 0 bridgehead atoms. The zero-order valence-corrected chi connectivity index (χ0v) is 13.9. The Kier molecular flexibility index (Phi) is 6.34. The molecule has 1 aliphatic heterocycles. The van der Waals surface area contributed by atoms with Gasteiger partial charge in [0.1, 0.15) is 0 Å². The van der Waals surface area contributed by atoms with Crippen molar-refractivity contribution in [2.45, 2.75) is 39.2 Å². The van der Waals surface area contributed by atoms with Gasteiger partial charge in [-0.3, -0.25) is 0 Å². The van der Waals surface area contributed by atoms with Gasteiger partial charge < -0.3 is 15.3 Å². The lowest BCUT2D eigenvalue weighted by Crippen LogP contribution is -2.21. The third-order valence-electron chi connectivity index (χ3n) is 4.34. The van der Waals surface area contributed by atoms with Gasteiger partial charge in [0.25, 0.3) is 0 Å². The van der Waals surface area contributed by atoms with Gasteiger partial charge in [-0.25, -0.2) is 0 Å². The zero-order valence-electron chi connectivity index (χ0n) is 13.1. The highest BCUT2D eigenvalue weighted by molar-refractivity contribution is 6.31. The Morgan fingerprint density at radius 2 is 2.29 bits per heavy atom. The molecule has 0 spiro atoms. The van der Waals surface area contributed by atoms with Crippen molar-refractivity contribution >= 4 is 17.3 Å².